The second kappa shape index (κ2) is 6.64. The summed E-state index contributed by atoms with van der Waals surface area (Å²) in [4.78, 5) is 2.27. The second-order valence-corrected chi connectivity index (χ2v) is 8.65. The van der Waals surface area contributed by atoms with Gasteiger partial charge in [-0.25, -0.2) is 4.68 Å². The SMILES string of the molecule is Cn1nnnc1C(N(c1ccc(C#N)c(Cl)c1)C(C)(C)C)C(C)(C)C. The van der Waals surface area contributed by atoms with Crippen LogP contribution in [0.15, 0.2) is 18.2 Å². The van der Waals surface area contributed by atoms with E-state index in [1.807, 2.05) is 19.2 Å². The first-order valence-electron chi connectivity index (χ1n) is 8.18. The molecule has 6 nitrogen and oxygen atoms in total. The second-order valence-electron chi connectivity index (χ2n) is 8.25. The van der Waals surface area contributed by atoms with Gasteiger partial charge >= 0.3 is 0 Å². The highest BCUT2D eigenvalue weighted by Gasteiger charge is 2.40. The van der Waals surface area contributed by atoms with Gasteiger partial charge in [0, 0.05) is 18.3 Å². The summed E-state index contributed by atoms with van der Waals surface area (Å²) in [5.41, 5.74) is 1.03. The minimum atomic E-state index is -0.221. The standard InChI is InChI=1S/C18H25ClN6/c1-17(2,3)15(16-21-22-23-24(16)7)25(18(4,5)6)13-9-8-12(11-20)14(19)10-13/h8-10,15H,1-7H3. The third-order valence-electron chi connectivity index (χ3n) is 4.05. The van der Waals surface area contributed by atoms with Crippen LogP contribution < -0.4 is 4.90 Å². The van der Waals surface area contributed by atoms with E-state index in [9.17, 15) is 0 Å². The Kier molecular flexibility index (Phi) is 5.10. The third kappa shape index (κ3) is 3.93. The van der Waals surface area contributed by atoms with E-state index < -0.39 is 0 Å². The summed E-state index contributed by atoms with van der Waals surface area (Å²) in [5, 5.41) is 21.7. The van der Waals surface area contributed by atoms with E-state index in [0.717, 1.165) is 11.5 Å². The molecule has 1 atom stereocenters. The van der Waals surface area contributed by atoms with Crippen molar-refractivity contribution in [2.24, 2.45) is 12.5 Å². The van der Waals surface area contributed by atoms with E-state index in [4.69, 9.17) is 16.9 Å². The highest BCUT2D eigenvalue weighted by atomic mass is 35.5. The fourth-order valence-corrected chi connectivity index (χ4v) is 3.24. The van der Waals surface area contributed by atoms with Gasteiger partial charge in [0.05, 0.1) is 16.6 Å². The van der Waals surface area contributed by atoms with Crippen LogP contribution in [0, 0.1) is 16.7 Å². The van der Waals surface area contributed by atoms with Crippen LogP contribution in [0.2, 0.25) is 5.02 Å². The van der Waals surface area contributed by atoms with Gasteiger partial charge < -0.3 is 4.90 Å². The Morgan fingerprint density at radius 2 is 1.84 bits per heavy atom. The number of halogens is 1. The molecule has 134 valence electrons. The average Bonchev–Trinajstić information content (AvgIpc) is 2.87. The molecule has 1 heterocycles. The van der Waals surface area contributed by atoms with E-state index in [2.05, 4.69) is 68.0 Å². The zero-order valence-corrected chi connectivity index (χ0v) is 16.6. The van der Waals surface area contributed by atoms with Crippen molar-refractivity contribution in [2.75, 3.05) is 4.90 Å². The zero-order valence-electron chi connectivity index (χ0n) is 15.9. The topological polar surface area (TPSA) is 70.6 Å². The van der Waals surface area contributed by atoms with Gasteiger partial charge in [-0.15, -0.1) is 5.10 Å². The predicted molar refractivity (Wildman–Crippen MR) is 99.4 cm³/mol. The van der Waals surface area contributed by atoms with Gasteiger partial charge in [-0.1, -0.05) is 32.4 Å². The number of aryl methyl sites for hydroxylation is 1. The minimum absolute atomic E-state index is 0.0866. The van der Waals surface area contributed by atoms with Crippen LogP contribution in [-0.4, -0.2) is 25.7 Å². The Morgan fingerprint density at radius 1 is 1.20 bits per heavy atom. The molecule has 0 N–H and O–H groups in total. The van der Waals surface area contributed by atoms with Crippen molar-refractivity contribution in [3.63, 3.8) is 0 Å². The Bertz CT molecular complexity index is 791. The molecule has 0 saturated carbocycles. The monoisotopic (exact) mass is 360 g/mol. The van der Waals surface area contributed by atoms with Gasteiger partial charge in [-0.05, 0) is 54.8 Å². The summed E-state index contributed by atoms with van der Waals surface area (Å²) in [6.45, 7) is 12.9. The Morgan fingerprint density at radius 3 is 2.24 bits per heavy atom. The molecule has 1 unspecified atom stereocenters. The van der Waals surface area contributed by atoms with Gasteiger partial charge in [0.25, 0.3) is 0 Å². The quantitative estimate of drug-likeness (QED) is 0.823. The fraction of sp³-hybridized carbons (Fsp3) is 0.556. The molecule has 2 rings (SSSR count). The smallest absolute Gasteiger partial charge is 0.174 e. The van der Waals surface area contributed by atoms with Crippen LogP contribution >= 0.6 is 11.6 Å². The maximum atomic E-state index is 9.15. The van der Waals surface area contributed by atoms with E-state index in [1.54, 1.807) is 10.7 Å². The van der Waals surface area contributed by atoms with Crippen molar-refractivity contribution in [1.82, 2.24) is 20.2 Å². The number of nitriles is 1. The molecule has 0 aliphatic rings. The molecule has 1 aromatic heterocycles. The number of nitrogens with zero attached hydrogens (tertiary/aromatic N) is 6. The predicted octanol–water partition coefficient (Wildman–Crippen LogP) is 4.13. The number of aromatic nitrogens is 4. The van der Waals surface area contributed by atoms with Gasteiger partial charge in [0.1, 0.15) is 6.07 Å². The molecule has 25 heavy (non-hydrogen) atoms. The molecule has 7 heteroatoms. The number of hydrogen-bond acceptors (Lipinski definition) is 5. The van der Waals surface area contributed by atoms with Crippen LogP contribution in [0.4, 0.5) is 5.69 Å². The average molecular weight is 361 g/mol. The maximum Gasteiger partial charge on any atom is 0.174 e. The summed E-state index contributed by atoms with van der Waals surface area (Å²) in [6, 6.07) is 7.55. The summed E-state index contributed by atoms with van der Waals surface area (Å²) in [6.07, 6.45) is 0. The summed E-state index contributed by atoms with van der Waals surface area (Å²) >= 11 is 6.30. The van der Waals surface area contributed by atoms with Crippen molar-refractivity contribution in [3.8, 4) is 6.07 Å². The highest BCUT2D eigenvalue weighted by molar-refractivity contribution is 6.32. The van der Waals surface area contributed by atoms with Crippen molar-refractivity contribution < 1.29 is 0 Å². The molecule has 0 spiro atoms. The number of benzene rings is 1. The lowest BCUT2D eigenvalue weighted by Crippen LogP contribution is -2.49. The first-order valence-corrected chi connectivity index (χ1v) is 8.56. The van der Waals surface area contributed by atoms with Gasteiger partial charge in [-0.2, -0.15) is 5.26 Å². The summed E-state index contributed by atoms with van der Waals surface area (Å²) in [5.74, 6) is 0.780. The lowest BCUT2D eigenvalue weighted by atomic mass is 9.82. The molecular formula is C18H25ClN6. The van der Waals surface area contributed by atoms with Gasteiger partial charge in [0.2, 0.25) is 0 Å². The molecule has 1 aromatic carbocycles. The fourth-order valence-electron chi connectivity index (χ4n) is 3.03. The van der Waals surface area contributed by atoms with E-state index in [-0.39, 0.29) is 17.0 Å². The van der Waals surface area contributed by atoms with Gasteiger partial charge in [-0.3, -0.25) is 0 Å². The van der Waals surface area contributed by atoms with Crippen LogP contribution in [0.3, 0.4) is 0 Å². The molecule has 0 aliphatic carbocycles. The lowest BCUT2D eigenvalue weighted by molar-refractivity contribution is 0.254. The van der Waals surface area contributed by atoms with Gasteiger partial charge in [0.15, 0.2) is 5.82 Å². The molecule has 0 radical (unpaired) electrons. The van der Waals surface area contributed by atoms with Crippen LogP contribution in [0.5, 0.6) is 0 Å². The summed E-state index contributed by atoms with van der Waals surface area (Å²) < 4.78 is 1.71. The van der Waals surface area contributed by atoms with Crippen LogP contribution in [0.25, 0.3) is 0 Å². The number of rotatable bonds is 3. The first-order chi connectivity index (χ1) is 11.5. The Hall–Kier alpha value is -2.13. The zero-order chi connectivity index (χ0) is 19.0. The van der Waals surface area contributed by atoms with Crippen LogP contribution in [0.1, 0.15) is 59.0 Å². The molecule has 0 aliphatic heterocycles. The van der Waals surface area contributed by atoms with Crippen molar-refractivity contribution in [2.45, 2.75) is 53.1 Å². The third-order valence-corrected chi connectivity index (χ3v) is 4.36. The van der Waals surface area contributed by atoms with E-state index in [0.29, 0.717) is 10.6 Å². The largest absolute Gasteiger partial charge is 0.356 e. The molecule has 0 fully saturated rings. The lowest BCUT2D eigenvalue weighted by Gasteiger charge is -2.48. The van der Waals surface area contributed by atoms with Crippen LogP contribution in [-0.2, 0) is 7.05 Å². The maximum absolute atomic E-state index is 9.15. The Labute approximate surface area is 154 Å². The molecule has 0 saturated heterocycles. The molecule has 2 aromatic rings. The van der Waals surface area contributed by atoms with E-state index in [1.165, 1.54) is 0 Å². The number of hydrogen-bond donors (Lipinski definition) is 0. The summed E-state index contributed by atoms with van der Waals surface area (Å²) in [7, 11) is 1.85. The van der Waals surface area contributed by atoms with Crippen molar-refractivity contribution in [1.29, 1.82) is 5.26 Å². The molecular weight excluding hydrogens is 336 g/mol. The Balaban J connectivity index is 2.69. The number of tetrazole rings is 1. The minimum Gasteiger partial charge on any atom is -0.356 e. The number of anilines is 1. The van der Waals surface area contributed by atoms with Crippen molar-refractivity contribution >= 4 is 17.3 Å². The van der Waals surface area contributed by atoms with Crippen molar-refractivity contribution in [3.05, 3.63) is 34.6 Å². The molecule has 0 bridgehead atoms. The normalized spacial score (nSPS) is 13.4. The first kappa shape index (κ1) is 19.2. The van der Waals surface area contributed by atoms with E-state index >= 15 is 0 Å². The molecule has 0 amide bonds. The highest BCUT2D eigenvalue weighted by Crippen LogP contribution is 2.44.